The van der Waals surface area contributed by atoms with Gasteiger partial charge < -0.3 is 14.7 Å². The zero-order valence-electron chi connectivity index (χ0n) is 12.8. The van der Waals surface area contributed by atoms with Crippen LogP contribution in [-0.4, -0.2) is 60.7 Å². The van der Waals surface area contributed by atoms with Crippen LogP contribution in [-0.2, 0) is 4.79 Å². The lowest BCUT2D eigenvalue weighted by Crippen LogP contribution is -2.47. The number of carboxylic acid groups (broad SMARTS) is 1. The standard InChI is InChI=1S/C16H24N2O3/c1-13(14-5-3-4-6-15(14)21-2)18-11-9-17(10-12-18)8-7-16(19)20/h3-6,13H,7-12H2,1-2H3,(H,19,20)/t13-/m1/s1. The lowest BCUT2D eigenvalue weighted by molar-refractivity contribution is -0.137. The van der Waals surface area contributed by atoms with Gasteiger partial charge in [-0.25, -0.2) is 0 Å². The summed E-state index contributed by atoms with van der Waals surface area (Å²) in [6, 6.07) is 8.44. The van der Waals surface area contributed by atoms with Gasteiger partial charge in [-0.05, 0) is 13.0 Å². The molecule has 1 aliphatic heterocycles. The van der Waals surface area contributed by atoms with Gasteiger partial charge in [0.25, 0.3) is 0 Å². The summed E-state index contributed by atoms with van der Waals surface area (Å²) < 4.78 is 5.44. The van der Waals surface area contributed by atoms with Gasteiger partial charge in [-0.15, -0.1) is 0 Å². The third-order valence-electron chi connectivity index (χ3n) is 4.19. The van der Waals surface area contributed by atoms with Crippen LogP contribution >= 0.6 is 0 Å². The van der Waals surface area contributed by atoms with E-state index in [1.807, 2.05) is 18.2 Å². The highest BCUT2D eigenvalue weighted by atomic mass is 16.5. The fraction of sp³-hybridized carbons (Fsp3) is 0.562. The minimum absolute atomic E-state index is 0.224. The number of rotatable bonds is 6. The number of nitrogens with zero attached hydrogens (tertiary/aromatic N) is 2. The van der Waals surface area contributed by atoms with E-state index in [0.29, 0.717) is 12.6 Å². The maximum absolute atomic E-state index is 10.6. The van der Waals surface area contributed by atoms with E-state index in [1.54, 1.807) is 7.11 Å². The molecule has 1 atom stereocenters. The number of para-hydroxylation sites is 1. The van der Waals surface area contributed by atoms with Crippen molar-refractivity contribution in [3.8, 4) is 5.75 Å². The molecule has 0 saturated carbocycles. The molecule has 5 heteroatoms. The average molecular weight is 292 g/mol. The van der Waals surface area contributed by atoms with Gasteiger partial charge in [-0.2, -0.15) is 0 Å². The summed E-state index contributed by atoms with van der Waals surface area (Å²) in [4.78, 5) is 15.3. The van der Waals surface area contributed by atoms with E-state index in [9.17, 15) is 4.79 Å². The molecule has 1 aliphatic rings. The van der Waals surface area contributed by atoms with Gasteiger partial charge in [0.05, 0.1) is 13.5 Å². The molecule has 1 saturated heterocycles. The second-order valence-electron chi connectivity index (χ2n) is 5.44. The van der Waals surface area contributed by atoms with Crippen LogP contribution in [0.4, 0.5) is 0 Å². The lowest BCUT2D eigenvalue weighted by Gasteiger charge is -2.38. The van der Waals surface area contributed by atoms with Crippen molar-refractivity contribution in [2.24, 2.45) is 0 Å². The van der Waals surface area contributed by atoms with E-state index in [-0.39, 0.29) is 6.42 Å². The molecule has 0 radical (unpaired) electrons. The van der Waals surface area contributed by atoms with Gasteiger partial charge in [0.15, 0.2) is 0 Å². The first-order chi connectivity index (χ1) is 10.1. The van der Waals surface area contributed by atoms with Gasteiger partial charge in [-0.1, -0.05) is 18.2 Å². The van der Waals surface area contributed by atoms with E-state index >= 15 is 0 Å². The maximum Gasteiger partial charge on any atom is 0.304 e. The summed E-state index contributed by atoms with van der Waals surface area (Å²) >= 11 is 0. The Bertz CT molecular complexity index is 470. The molecule has 0 bridgehead atoms. The van der Waals surface area contributed by atoms with Crippen molar-refractivity contribution in [1.82, 2.24) is 9.80 Å². The van der Waals surface area contributed by atoms with E-state index in [0.717, 1.165) is 31.9 Å². The number of hydrogen-bond donors (Lipinski definition) is 1. The Balaban J connectivity index is 1.91. The van der Waals surface area contributed by atoms with E-state index in [4.69, 9.17) is 9.84 Å². The van der Waals surface area contributed by atoms with Crippen LogP contribution in [0.15, 0.2) is 24.3 Å². The molecule has 1 aromatic rings. The zero-order valence-corrected chi connectivity index (χ0v) is 12.8. The molecule has 1 N–H and O–H groups in total. The number of ether oxygens (including phenoxy) is 1. The molecule has 1 aromatic carbocycles. The number of benzene rings is 1. The summed E-state index contributed by atoms with van der Waals surface area (Å²) in [6.45, 7) is 6.61. The summed E-state index contributed by atoms with van der Waals surface area (Å²) in [5.41, 5.74) is 1.21. The van der Waals surface area contributed by atoms with E-state index in [2.05, 4.69) is 22.8 Å². The highest BCUT2D eigenvalue weighted by Crippen LogP contribution is 2.29. The Kier molecular flexibility index (Phi) is 5.59. The van der Waals surface area contributed by atoms with Crippen LogP contribution in [0.2, 0.25) is 0 Å². The Labute approximate surface area is 126 Å². The topological polar surface area (TPSA) is 53.0 Å². The van der Waals surface area contributed by atoms with Crippen LogP contribution in [0.25, 0.3) is 0 Å². The molecule has 116 valence electrons. The second-order valence-corrected chi connectivity index (χ2v) is 5.44. The van der Waals surface area contributed by atoms with E-state index in [1.165, 1.54) is 5.56 Å². The third kappa shape index (κ3) is 4.19. The Hall–Kier alpha value is -1.59. The maximum atomic E-state index is 10.6. The summed E-state index contributed by atoms with van der Waals surface area (Å²) in [5, 5.41) is 8.74. The van der Waals surface area contributed by atoms with Gasteiger partial charge in [0, 0.05) is 44.3 Å². The quantitative estimate of drug-likeness (QED) is 0.867. The van der Waals surface area contributed by atoms with Crippen molar-refractivity contribution in [3.05, 3.63) is 29.8 Å². The Morgan fingerprint density at radius 1 is 1.29 bits per heavy atom. The molecule has 21 heavy (non-hydrogen) atoms. The fourth-order valence-corrected chi connectivity index (χ4v) is 2.84. The zero-order chi connectivity index (χ0) is 15.2. The molecule has 1 fully saturated rings. The van der Waals surface area contributed by atoms with Gasteiger partial charge in [0.1, 0.15) is 5.75 Å². The SMILES string of the molecule is COc1ccccc1[C@@H](C)N1CCN(CCC(=O)O)CC1. The van der Waals surface area contributed by atoms with Crippen molar-refractivity contribution in [3.63, 3.8) is 0 Å². The van der Waals surface area contributed by atoms with Gasteiger partial charge in [-0.3, -0.25) is 9.69 Å². The van der Waals surface area contributed by atoms with Crippen LogP contribution in [0.3, 0.4) is 0 Å². The Morgan fingerprint density at radius 3 is 2.57 bits per heavy atom. The highest BCUT2D eigenvalue weighted by molar-refractivity contribution is 5.66. The molecule has 2 rings (SSSR count). The van der Waals surface area contributed by atoms with E-state index < -0.39 is 5.97 Å². The predicted octanol–water partition coefficient (Wildman–Crippen LogP) is 1.85. The number of carboxylic acids is 1. The molecule has 1 heterocycles. The fourth-order valence-electron chi connectivity index (χ4n) is 2.84. The average Bonchev–Trinajstić information content (AvgIpc) is 2.52. The van der Waals surface area contributed by atoms with Gasteiger partial charge >= 0.3 is 5.97 Å². The minimum atomic E-state index is -0.722. The molecule has 0 unspecified atom stereocenters. The smallest absolute Gasteiger partial charge is 0.304 e. The normalized spacial score (nSPS) is 18.4. The first-order valence-electron chi connectivity index (χ1n) is 7.43. The van der Waals surface area contributed by atoms with Crippen LogP contribution < -0.4 is 4.74 Å². The van der Waals surface area contributed by atoms with Crippen molar-refractivity contribution >= 4 is 5.97 Å². The minimum Gasteiger partial charge on any atom is -0.496 e. The number of aliphatic carboxylic acids is 1. The highest BCUT2D eigenvalue weighted by Gasteiger charge is 2.23. The molecular weight excluding hydrogens is 268 g/mol. The monoisotopic (exact) mass is 292 g/mol. The molecule has 0 aromatic heterocycles. The van der Waals surface area contributed by atoms with Crippen molar-refractivity contribution in [1.29, 1.82) is 0 Å². The predicted molar refractivity (Wildman–Crippen MR) is 81.7 cm³/mol. The Morgan fingerprint density at radius 2 is 1.95 bits per heavy atom. The van der Waals surface area contributed by atoms with Crippen LogP contribution in [0.5, 0.6) is 5.75 Å². The second kappa shape index (κ2) is 7.43. The van der Waals surface area contributed by atoms with Crippen molar-refractivity contribution in [2.45, 2.75) is 19.4 Å². The summed E-state index contributed by atoms with van der Waals surface area (Å²) in [6.07, 6.45) is 0.224. The number of carbonyl (C=O) groups is 1. The molecule has 0 spiro atoms. The first-order valence-corrected chi connectivity index (χ1v) is 7.43. The molecule has 0 aliphatic carbocycles. The molecule has 5 nitrogen and oxygen atoms in total. The van der Waals surface area contributed by atoms with Crippen LogP contribution in [0, 0.1) is 0 Å². The number of piperazine rings is 1. The summed E-state index contributed by atoms with van der Waals surface area (Å²) in [7, 11) is 1.70. The molecule has 0 amide bonds. The van der Waals surface area contributed by atoms with Crippen molar-refractivity contribution < 1.29 is 14.6 Å². The largest absolute Gasteiger partial charge is 0.496 e. The van der Waals surface area contributed by atoms with Crippen LogP contribution in [0.1, 0.15) is 24.9 Å². The van der Waals surface area contributed by atoms with Gasteiger partial charge in [0.2, 0.25) is 0 Å². The summed E-state index contributed by atoms with van der Waals surface area (Å²) in [5.74, 6) is 0.207. The number of hydrogen-bond acceptors (Lipinski definition) is 4. The first kappa shape index (κ1) is 15.8. The lowest BCUT2D eigenvalue weighted by atomic mass is 10.0. The third-order valence-corrected chi connectivity index (χ3v) is 4.19. The molecular formula is C16H24N2O3. The van der Waals surface area contributed by atoms with Crippen molar-refractivity contribution in [2.75, 3.05) is 39.8 Å². The number of methoxy groups -OCH3 is 1.